The molecule has 0 saturated carbocycles. The Bertz CT molecular complexity index is 2070. The summed E-state index contributed by atoms with van der Waals surface area (Å²) in [6.45, 7) is 12.1. The molecule has 7 rings (SSSR count). The summed E-state index contributed by atoms with van der Waals surface area (Å²) in [5, 5.41) is 4.80. The molecule has 8 nitrogen and oxygen atoms in total. The summed E-state index contributed by atoms with van der Waals surface area (Å²) in [4.78, 5) is 54.4. The smallest absolute Gasteiger partial charge is 0.249 e. The molecule has 0 saturated heterocycles. The summed E-state index contributed by atoms with van der Waals surface area (Å²) < 4.78 is 0. The number of anilines is 3. The van der Waals surface area contributed by atoms with E-state index in [0.717, 1.165) is 27.1 Å². The first-order chi connectivity index (χ1) is 21.9. The van der Waals surface area contributed by atoms with Crippen LogP contribution in [0.3, 0.4) is 0 Å². The van der Waals surface area contributed by atoms with Gasteiger partial charge in [-0.1, -0.05) is 75.4 Å². The lowest BCUT2D eigenvalue weighted by atomic mass is 9.73. The highest BCUT2D eigenvalue weighted by atomic mass is 16.2. The number of carbonyl (C=O) groups excluding carboxylic acids is 3. The SMILES string of the molecule is CC1C=c2c(ccc3c2=CC(=O)c2ccccc2-3)C(C)(N2CN(C(C)(C)C(=O)Nc3ccc(C(C)C)cc3)c3cncnc32)C1=O. The van der Waals surface area contributed by atoms with Crippen LogP contribution in [0, 0.1) is 5.92 Å². The Hall–Kier alpha value is -5.11. The molecule has 0 fully saturated rings. The van der Waals surface area contributed by atoms with Gasteiger partial charge in [0.05, 0.1) is 12.9 Å². The summed E-state index contributed by atoms with van der Waals surface area (Å²) in [5.41, 5.74) is 3.76. The van der Waals surface area contributed by atoms with Crippen LogP contribution < -0.4 is 25.6 Å². The number of carbonyl (C=O) groups is 3. The number of nitrogens with one attached hydrogen (secondary N) is 1. The molecule has 1 N–H and O–H groups in total. The van der Waals surface area contributed by atoms with Crippen LogP contribution >= 0.6 is 0 Å². The first kappa shape index (κ1) is 29.6. The number of rotatable bonds is 5. The average Bonchev–Trinajstić information content (AvgIpc) is 3.45. The van der Waals surface area contributed by atoms with Crippen LogP contribution in [0.5, 0.6) is 0 Å². The van der Waals surface area contributed by atoms with Gasteiger partial charge in [0, 0.05) is 17.2 Å². The van der Waals surface area contributed by atoms with E-state index in [9.17, 15) is 14.4 Å². The standard InChI is InChI=1S/C38H37N5O3/c1-22(2)24-11-13-25(14-12-24)41-36(46)37(4,5)42-21-43(35-32(42)19-39-20-40-35)38(6)31-16-15-27-26-9-7-8-10-28(26)33(44)18-29(27)30(31)17-23(3)34(38)45/h7-20,22-23H,21H2,1-6H3,(H,41,46). The largest absolute Gasteiger partial charge is 0.335 e. The minimum atomic E-state index is -1.14. The van der Waals surface area contributed by atoms with Crippen LogP contribution in [0.4, 0.5) is 17.2 Å². The summed E-state index contributed by atoms with van der Waals surface area (Å²) in [6, 6.07) is 19.6. The predicted octanol–water partition coefficient (Wildman–Crippen LogP) is 5.16. The topological polar surface area (TPSA) is 95.5 Å². The maximum Gasteiger partial charge on any atom is 0.249 e. The van der Waals surface area contributed by atoms with Crippen molar-refractivity contribution in [1.29, 1.82) is 0 Å². The van der Waals surface area contributed by atoms with Gasteiger partial charge in [0.1, 0.15) is 23.1 Å². The van der Waals surface area contributed by atoms with E-state index in [4.69, 9.17) is 0 Å². The maximum absolute atomic E-state index is 14.4. The highest BCUT2D eigenvalue weighted by molar-refractivity contribution is 6.22. The van der Waals surface area contributed by atoms with Gasteiger partial charge in [-0.3, -0.25) is 14.4 Å². The first-order valence-corrected chi connectivity index (χ1v) is 15.7. The zero-order chi connectivity index (χ0) is 32.5. The third-order valence-electron chi connectivity index (χ3n) is 9.99. The van der Waals surface area contributed by atoms with Crippen molar-refractivity contribution in [2.45, 2.75) is 58.5 Å². The van der Waals surface area contributed by atoms with Crippen LogP contribution in [0.2, 0.25) is 0 Å². The zero-order valence-electron chi connectivity index (χ0n) is 27.0. The Kier molecular flexibility index (Phi) is 6.74. The number of benzene rings is 3. The van der Waals surface area contributed by atoms with Crippen LogP contribution in [-0.2, 0) is 15.1 Å². The van der Waals surface area contributed by atoms with Crippen molar-refractivity contribution in [3.8, 4) is 11.1 Å². The van der Waals surface area contributed by atoms with Gasteiger partial charge in [-0.2, -0.15) is 0 Å². The second-order valence-electron chi connectivity index (χ2n) is 13.5. The third kappa shape index (κ3) is 4.30. The van der Waals surface area contributed by atoms with Gasteiger partial charge in [-0.25, -0.2) is 9.97 Å². The molecule has 3 aliphatic rings. The first-order valence-electron chi connectivity index (χ1n) is 15.7. The molecule has 0 radical (unpaired) electrons. The summed E-state index contributed by atoms with van der Waals surface area (Å²) in [6.07, 6.45) is 6.86. The number of hydrogen-bond donors (Lipinski definition) is 1. The van der Waals surface area contributed by atoms with E-state index < -0.39 is 17.0 Å². The van der Waals surface area contributed by atoms with Gasteiger partial charge < -0.3 is 15.1 Å². The molecule has 2 heterocycles. The van der Waals surface area contributed by atoms with Crippen LogP contribution in [0.25, 0.3) is 23.3 Å². The number of aromatic nitrogens is 2. The average molecular weight is 612 g/mol. The van der Waals surface area contributed by atoms with Crippen molar-refractivity contribution in [3.63, 3.8) is 0 Å². The third-order valence-corrected chi connectivity index (χ3v) is 9.99. The van der Waals surface area contributed by atoms with Gasteiger partial charge in [0.2, 0.25) is 5.91 Å². The van der Waals surface area contributed by atoms with Crippen LogP contribution in [-0.4, -0.2) is 39.6 Å². The van der Waals surface area contributed by atoms with Crippen LogP contribution in [0.1, 0.15) is 68.9 Å². The van der Waals surface area contributed by atoms with Crippen molar-refractivity contribution in [3.05, 3.63) is 100 Å². The number of fused-ring (bicyclic) bond motifs is 6. The molecule has 2 unspecified atom stereocenters. The lowest BCUT2D eigenvalue weighted by molar-refractivity contribution is -0.126. The van der Waals surface area contributed by atoms with Crippen molar-refractivity contribution in [2.24, 2.45) is 5.92 Å². The van der Waals surface area contributed by atoms with E-state index >= 15 is 0 Å². The quantitative estimate of drug-likeness (QED) is 0.333. The lowest BCUT2D eigenvalue weighted by Crippen LogP contribution is -2.61. The maximum atomic E-state index is 14.4. The van der Waals surface area contributed by atoms with Crippen LogP contribution in [0.15, 0.2) is 73.2 Å². The Morgan fingerprint density at radius 2 is 1.70 bits per heavy atom. The van der Waals surface area contributed by atoms with Gasteiger partial charge in [-0.05, 0) is 77.6 Å². The monoisotopic (exact) mass is 611 g/mol. The molecule has 232 valence electrons. The van der Waals surface area contributed by atoms with E-state index in [2.05, 4.69) is 29.1 Å². The highest BCUT2D eigenvalue weighted by Crippen LogP contribution is 2.46. The van der Waals surface area contributed by atoms with Crippen molar-refractivity contribution < 1.29 is 14.4 Å². The molecular formula is C38H37N5O3. The molecule has 8 heteroatoms. The minimum absolute atomic E-state index is 0.0152. The highest BCUT2D eigenvalue weighted by Gasteiger charge is 2.52. The lowest BCUT2D eigenvalue weighted by Gasteiger charge is -2.44. The normalized spacial score (nSPS) is 19.9. The molecule has 4 aromatic rings. The van der Waals surface area contributed by atoms with Crippen molar-refractivity contribution >= 4 is 46.8 Å². The Morgan fingerprint density at radius 1 is 0.978 bits per heavy atom. The van der Waals surface area contributed by atoms with Crippen molar-refractivity contribution in [1.82, 2.24) is 9.97 Å². The second-order valence-corrected chi connectivity index (χ2v) is 13.5. The van der Waals surface area contributed by atoms with E-state index in [0.29, 0.717) is 28.7 Å². The molecule has 2 aliphatic carbocycles. The Balaban J connectivity index is 1.30. The summed E-state index contributed by atoms with van der Waals surface area (Å²) >= 11 is 0. The van der Waals surface area contributed by atoms with Gasteiger partial charge >= 0.3 is 0 Å². The Morgan fingerprint density at radius 3 is 2.41 bits per heavy atom. The van der Waals surface area contributed by atoms with Gasteiger partial charge in [0.15, 0.2) is 17.4 Å². The number of nitrogens with zero attached hydrogens (tertiary/aromatic N) is 4. The van der Waals surface area contributed by atoms with Gasteiger partial charge in [-0.15, -0.1) is 0 Å². The van der Waals surface area contributed by atoms with Crippen molar-refractivity contribution in [2.75, 3.05) is 21.8 Å². The number of amides is 1. The molecule has 1 aliphatic heterocycles. The molecule has 1 aromatic heterocycles. The minimum Gasteiger partial charge on any atom is -0.335 e. The van der Waals surface area contributed by atoms with E-state index in [1.54, 1.807) is 12.3 Å². The number of Topliss-reactive ketones (excluding diaryl/α,β-unsaturated/α-hetero) is 2. The number of hydrogen-bond acceptors (Lipinski definition) is 7. The fraction of sp³-hybridized carbons (Fsp3) is 0.289. The molecular weight excluding hydrogens is 574 g/mol. The fourth-order valence-electron chi connectivity index (χ4n) is 7.14. The summed E-state index contributed by atoms with van der Waals surface area (Å²) in [5.74, 6) is 0.326. The molecule has 0 bridgehead atoms. The van der Waals surface area contributed by atoms with E-state index in [1.807, 2.05) is 104 Å². The zero-order valence-corrected chi connectivity index (χ0v) is 27.0. The Labute approximate surface area is 268 Å². The molecule has 1 amide bonds. The fourth-order valence-corrected chi connectivity index (χ4v) is 7.14. The molecule has 0 spiro atoms. The van der Waals surface area contributed by atoms with E-state index in [1.165, 1.54) is 11.9 Å². The predicted molar refractivity (Wildman–Crippen MR) is 181 cm³/mol. The second kappa shape index (κ2) is 10.5. The van der Waals surface area contributed by atoms with E-state index in [-0.39, 0.29) is 24.1 Å². The summed E-state index contributed by atoms with van der Waals surface area (Å²) in [7, 11) is 0. The molecule has 46 heavy (non-hydrogen) atoms. The van der Waals surface area contributed by atoms with Gasteiger partial charge in [0.25, 0.3) is 0 Å². The molecule has 3 aromatic carbocycles. The molecule has 2 atom stereocenters. The number of ketones is 2.